The summed E-state index contributed by atoms with van der Waals surface area (Å²) in [6.07, 6.45) is 3.40. The lowest BCUT2D eigenvalue weighted by atomic mass is 9.79. The summed E-state index contributed by atoms with van der Waals surface area (Å²) in [4.78, 5) is 11.4. The van der Waals surface area contributed by atoms with Crippen LogP contribution in [0.4, 0.5) is 0 Å². The molecule has 1 aliphatic rings. The molecule has 0 unspecified atom stereocenters. The Hall–Kier alpha value is -0.480. The molecule has 1 aliphatic carbocycles. The highest BCUT2D eigenvalue weighted by Crippen LogP contribution is 2.40. The summed E-state index contributed by atoms with van der Waals surface area (Å²) in [5.74, 6) is 0.898. The van der Waals surface area contributed by atoms with Crippen molar-refractivity contribution in [3.8, 4) is 0 Å². The molecule has 2 atom stereocenters. The van der Waals surface area contributed by atoms with Gasteiger partial charge in [0.25, 0.3) is 0 Å². The number of carbonyl (C=O) groups is 1. The molecule has 1 amide bonds. The minimum atomic E-state index is -0.689. The van der Waals surface area contributed by atoms with E-state index in [9.17, 15) is 9.90 Å². The molecule has 0 heterocycles. The molecule has 92 valence electrons. The van der Waals surface area contributed by atoms with Crippen LogP contribution in [0, 0.1) is 0 Å². The highest BCUT2D eigenvalue weighted by atomic mass is 32.2. The van der Waals surface area contributed by atoms with Crippen molar-refractivity contribution < 1.29 is 9.90 Å². The first-order chi connectivity index (χ1) is 7.48. The molecular weight excluding hydrogens is 222 g/mol. The highest BCUT2D eigenvalue weighted by Gasteiger charge is 2.45. The van der Waals surface area contributed by atoms with Crippen molar-refractivity contribution in [2.45, 2.75) is 44.5 Å². The van der Waals surface area contributed by atoms with Gasteiger partial charge in [-0.2, -0.15) is 11.8 Å². The van der Waals surface area contributed by atoms with Gasteiger partial charge in [0, 0.05) is 17.9 Å². The quantitative estimate of drug-likeness (QED) is 0.723. The van der Waals surface area contributed by atoms with Gasteiger partial charge >= 0.3 is 0 Å². The van der Waals surface area contributed by atoms with Crippen LogP contribution in [0.1, 0.15) is 33.6 Å². The summed E-state index contributed by atoms with van der Waals surface area (Å²) < 4.78 is 0. The Kier molecular flexibility index (Phi) is 4.87. The van der Waals surface area contributed by atoms with E-state index >= 15 is 0 Å². The number of carbonyl (C=O) groups excluding carboxylic acids is 1. The molecule has 0 aliphatic heterocycles. The maximum atomic E-state index is 11.4. The van der Waals surface area contributed by atoms with E-state index in [4.69, 9.17) is 0 Å². The van der Waals surface area contributed by atoms with Gasteiger partial charge in [0.15, 0.2) is 0 Å². The Morgan fingerprint density at radius 2 is 2.31 bits per heavy atom. The lowest BCUT2D eigenvalue weighted by Gasteiger charge is -2.44. The molecule has 1 fully saturated rings. The second kappa shape index (κ2) is 5.73. The Morgan fingerprint density at radius 1 is 1.62 bits per heavy atom. The zero-order valence-electron chi connectivity index (χ0n) is 10.2. The molecule has 3 nitrogen and oxygen atoms in total. The summed E-state index contributed by atoms with van der Waals surface area (Å²) >= 11 is 1.77. The van der Waals surface area contributed by atoms with Crippen molar-refractivity contribution in [2.24, 2.45) is 0 Å². The fourth-order valence-corrected chi connectivity index (χ4v) is 2.99. The van der Waals surface area contributed by atoms with Gasteiger partial charge in [-0.3, -0.25) is 4.79 Å². The van der Waals surface area contributed by atoms with E-state index < -0.39 is 5.60 Å². The lowest BCUT2D eigenvalue weighted by molar-refractivity contribution is -0.118. The van der Waals surface area contributed by atoms with Crippen molar-refractivity contribution in [1.29, 1.82) is 0 Å². The summed E-state index contributed by atoms with van der Waals surface area (Å²) in [6.45, 7) is 6.22. The normalized spacial score (nSPS) is 28.1. The summed E-state index contributed by atoms with van der Waals surface area (Å²) in [5.41, 5.74) is 0.281. The molecule has 0 aromatic heterocycles. The summed E-state index contributed by atoms with van der Waals surface area (Å²) in [7, 11) is 0. The molecule has 1 rings (SSSR count). The van der Waals surface area contributed by atoms with Gasteiger partial charge in [-0.25, -0.2) is 0 Å². The maximum absolute atomic E-state index is 11.4. The van der Waals surface area contributed by atoms with Crippen LogP contribution in [0.3, 0.4) is 0 Å². The van der Waals surface area contributed by atoms with Gasteiger partial charge in [-0.15, -0.1) is 0 Å². The van der Waals surface area contributed by atoms with E-state index in [0.717, 1.165) is 24.2 Å². The number of hydrogen-bond donors (Lipinski definition) is 2. The lowest BCUT2D eigenvalue weighted by Crippen LogP contribution is -2.56. The second-order valence-corrected chi connectivity index (χ2v) is 6.01. The van der Waals surface area contributed by atoms with Crippen LogP contribution < -0.4 is 5.32 Å². The van der Waals surface area contributed by atoms with Crippen LogP contribution in [0.2, 0.25) is 0 Å². The first-order valence-electron chi connectivity index (χ1n) is 5.74. The third-order valence-corrected chi connectivity index (χ3v) is 4.21. The topological polar surface area (TPSA) is 49.3 Å². The van der Waals surface area contributed by atoms with E-state index in [2.05, 4.69) is 12.2 Å². The van der Waals surface area contributed by atoms with Crippen molar-refractivity contribution >= 4 is 17.7 Å². The molecule has 0 aromatic carbocycles. The average molecular weight is 243 g/mol. The fraction of sp³-hybridized carbons (Fsp3) is 0.750. The van der Waals surface area contributed by atoms with Crippen LogP contribution in [-0.2, 0) is 4.79 Å². The predicted molar refractivity (Wildman–Crippen MR) is 68.5 cm³/mol. The average Bonchev–Trinajstić information content (AvgIpc) is 2.20. The molecule has 0 bridgehead atoms. The maximum Gasteiger partial charge on any atom is 0.244 e. The van der Waals surface area contributed by atoms with E-state index in [0.29, 0.717) is 6.54 Å². The number of rotatable bonds is 5. The second-order valence-electron chi connectivity index (χ2n) is 4.53. The number of hydrogen-bond acceptors (Lipinski definition) is 3. The Labute approximate surface area is 102 Å². The third-order valence-electron chi connectivity index (χ3n) is 2.80. The van der Waals surface area contributed by atoms with E-state index in [1.165, 1.54) is 0 Å². The van der Waals surface area contributed by atoms with Crippen LogP contribution in [0.15, 0.2) is 11.6 Å². The summed E-state index contributed by atoms with van der Waals surface area (Å²) in [5, 5.41) is 13.3. The SMILES string of the molecule is CCS[C@@H]1CC[C@]1(O)CNC(=O)C=C(C)C. The standard InChI is InChI=1S/C12H21NO2S/c1-4-16-10-5-6-12(10,15)8-13-11(14)7-9(2)3/h7,10,15H,4-6,8H2,1-3H3,(H,13,14)/t10-,12+/m1/s1. The zero-order chi connectivity index (χ0) is 12.2. The van der Waals surface area contributed by atoms with E-state index in [1.54, 1.807) is 17.8 Å². The first kappa shape index (κ1) is 13.6. The predicted octanol–water partition coefficient (Wildman–Crippen LogP) is 1.72. The zero-order valence-corrected chi connectivity index (χ0v) is 11.1. The third kappa shape index (κ3) is 3.52. The van der Waals surface area contributed by atoms with Crippen LogP contribution in [-0.4, -0.2) is 34.2 Å². The number of aliphatic hydroxyl groups is 1. The van der Waals surface area contributed by atoms with Crippen molar-refractivity contribution in [2.75, 3.05) is 12.3 Å². The molecule has 0 radical (unpaired) electrons. The monoisotopic (exact) mass is 243 g/mol. The molecule has 16 heavy (non-hydrogen) atoms. The molecule has 1 saturated carbocycles. The van der Waals surface area contributed by atoms with Gasteiger partial charge in [0.1, 0.15) is 0 Å². The van der Waals surface area contributed by atoms with E-state index in [1.807, 2.05) is 13.8 Å². The number of allylic oxidation sites excluding steroid dienone is 1. The number of thioether (sulfide) groups is 1. The van der Waals surface area contributed by atoms with Crippen molar-refractivity contribution in [3.05, 3.63) is 11.6 Å². The Balaban J connectivity index is 2.37. The van der Waals surface area contributed by atoms with Crippen LogP contribution in [0.25, 0.3) is 0 Å². The molecule has 0 saturated heterocycles. The number of amides is 1. The molecule has 0 spiro atoms. The smallest absolute Gasteiger partial charge is 0.244 e. The first-order valence-corrected chi connectivity index (χ1v) is 6.79. The summed E-state index contributed by atoms with van der Waals surface area (Å²) in [6, 6.07) is 0. The van der Waals surface area contributed by atoms with Gasteiger partial charge < -0.3 is 10.4 Å². The van der Waals surface area contributed by atoms with Crippen molar-refractivity contribution in [1.82, 2.24) is 5.32 Å². The fourth-order valence-electron chi connectivity index (χ4n) is 1.79. The Morgan fingerprint density at radius 3 is 2.75 bits per heavy atom. The molecule has 4 heteroatoms. The van der Waals surface area contributed by atoms with E-state index in [-0.39, 0.29) is 11.2 Å². The van der Waals surface area contributed by atoms with Gasteiger partial charge in [-0.05, 0) is 32.4 Å². The van der Waals surface area contributed by atoms with Gasteiger partial charge in [-0.1, -0.05) is 12.5 Å². The minimum Gasteiger partial charge on any atom is -0.387 e. The molecule has 0 aromatic rings. The largest absolute Gasteiger partial charge is 0.387 e. The Bertz CT molecular complexity index is 287. The minimum absolute atomic E-state index is 0.111. The molecule has 2 N–H and O–H groups in total. The number of nitrogens with one attached hydrogen (secondary N) is 1. The van der Waals surface area contributed by atoms with Crippen LogP contribution in [0.5, 0.6) is 0 Å². The molecular formula is C12H21NO2S. The van der Waals surface area contributed by atoms with Crippen LogP contribution >= 0.6 is 11.8 Å². The van der Waals surface area contributed by atoms with Crippen molar-refractivity contribution in [3.63, 3.8) is 0 Å². The van der Waals surface area contributed by atoms with Gasteiger partial charge in [0.2, 0.25) is 5.91 Å². The van der Waals surface area contributed by atoms with Gasteiger partial charge in [0.05, 0.1) is 5.60 Å². The highest BCUT2D eigenvalue weighted by molar-refractivity contribution is 8.00.